The number of hydrogen-bond donors (Lipinski definition) is 1. The Labute approximate surface area is 137 Å². The van der Waals surface area contributed by atoms with Crippen LogP contribution >= 0.6 is 0 Å². The van der Waals surface area contributed by atoms with Gasteiger partial charge in [0.25, 0.3) is 0 Å². The van der Waals surface area contributed by atoms with Crippen molar-refractivity contribution in [2.45, 2.75) is 20.0 Å². The molecule has 1 N–H and O–H groups in total. The van der Waals surface area contributed by atoms with Crippen molar-refractivity contribution in [2.24, 2.45) is 0 Å². The summed E-state index contributed by atoms with van der Waals surface area (Å²) >= 11 is 0. The zero-order valence-corrected chi connectivity index (χ0v) is 13.5. The summed E-state index contributed by atoms with van der Waals surface area (Å²) in [5, 5.41) is 11.4. The molecular weight excluding hydrogens is 312 g/mol. The predicted octanol–water partition coefficient (Wildman–Crippen LogP) is 2.93. The monoisotopic (exact) mass is 328 g/mol. The van der Waals surface area contributed by atoms with Crippen molar-refractivity contribution < 1.29 is 23.8 Å². The second-order valence-electron chi connectivity index (χ2n) is 5.46. The highest BCUT2D eigenvalue weighted by atomic mass is 16.6. The van der Waals surface area contributed by atoms with Gasteiger partial charge in [0.1, 0.15) is 5.58 Å². The molecule has 1 aromatic heterocycles. The average molecular weight is 328 g/mol. The third-order valence-electron chi connectivity index (χ3n) is 3.76. The number of aliphatic hydroxyl groups excluding tert-OH is 1. The highest BCUT2D eigenvalue weighted by Crippen LogP contribution is 2.35. The molecule has 0 aliphatic rings. The van der Waals surface area contributed by atoms with E-state index in [2.05, 4.69) is 0 Å². The van der Waals surface area contributed by atoms with E-state index in [-0.39, 0.29) is 11.3 Å². The van der Waals surface area contributed by atoms with Gasteiger partial charge in [-0.1, -0.05) is 12.1 Å². The second-order valence-corrected chi connectivity index (χ2v) is 5.46. The molecule has 0 radical (unpaired) electrons. The first-order chi connectivity index (χ1) is 11.4. The molecule has 0 aliphatic heterocycles. The van der Waals surface area contributed by atoms with Gasteiger partial charge < -0.3 is 19.0 Å². The molecule has 2 aromatic carbocycles. The van der Waals surface area contributed by atoms with E-state index < -0.39 is 17.7 Å². The smallest absolute Gasteiger partial charge is 0.344 e. The quantitative estimate of drug-likeness (QED) is 0.344. The van der Waals surface area contributed by atoms with Gasteiger partial charge >= 0.3 is 11.6 Å². The summed E-state index contributed by atoms with van der Waals surface area (Å²) in [5.74, 6) is 0.0328. The first-order valence-electron chi connectivity index (χ1n) is 7.35. The van der Waals surface area contributed by atoms with Gasteiger partial charge in [0.05, 0.1) is 18.6 Å². The predicted molar refractivity (Wildman–Crippen MR) is 88.5 cm³/mol. The molecule has 24 heavy (non-hydrogen) atoms. The van der Waals surface area contributed by atoms with E-state index in [0.717, 1.165) is 0 Å². The SMILES string of the molecule is COc1cc2c(cc1OC(C)=O)oc(=O)c1cc(C(C)O)ccc12. The Morgan fingerprint density at radius 2 is 1.88 bits per heavy atom. The third kappa shape index (κ3) is 2.72. The highest BCUT2D eigenvalue weighted by molar-refractivity contribution is 6.05. The lowest BCUT2D eigenvalue weighted by Crippen LogP contribution is -2.05. The van der Waals surface area contributed by atoms with Gasteiger partial charge in [-0.15, -0.1) is 0 Å². The maximum absolute atomic E-state index is 12.3. The summed E-state index contributed by atoms with van der Waals surface area (Å²) in [7, 11) is 1.46. The normalized spacial score (nSPS) is 12.3. The van der Waals surface area contributed by atoms with Crippen LogP contribution in [-0.2, 0) is 4.79 Å². The Bertz CT molecular complexity index is 1000. The summed E-state index contributed by atoms with van der Waals surface area (Å²) in [6, 6.07) is 8.22. The van der Waals surface area contributed by atoms with Crippen molar-refractivity contribution in [3.63, 3.8) is 0 Å². The first-order valence-corrected chi connectivity index (χ1v) is 7.35. The Hall–Kier alpha value is -2.86. The highest BCUT2D eigenvalue weighted by Gasteiger charge is 2.15. The van der Waals surface area contributed by atoms with Crippen LogP contribution < -0.4 is 15.1 Å². The van der Waals surface area contributed by atoms with Crippen molar-refractivity contribution in [2.75, 3.05) is 7.11 Å². The number of aliphatic hydroxyl groups is 1. The van der Waals surface area contributed by atoms with Crippen LogP contribution in [0.5, 0.6) is 11.5 Å². The molecular formula is C18H16O6. The van der Waals surface area contributed by atoms with E-state index in [1.54, 1.807) is 31.2 Å². The fourth-order valence-electron chi connectivity index (χ4n) is 2.61. The summed E-state index contributed by atoms with van der Waals surface area (Å²) in [6.45, 7) is 2.90. The summed E-state index contributed by atoms with van der Waals surface area (Å²) in [4.78, 5) is 23.5. The van der Waals surface area contributed by atoms with E-state index in [9.17, 15) is 14.7 Å². The van der Waals surface area contributed by atoms with Gasteiger partial charge in [0.2, 0.25) is 0 Å². The van der Waals surface area contributed by atoms with Gasteiger partial charge in [-0.2, -0.15) is 0 Å². The molecule has 3 rings (SSSR count). The lowest BCUT2D eigenvalue weighted by Gasteiger charge is -2.11. The Kier molecular flexibility index (Phi) is 3.99. The molecule has 3 aromatic rings. The average Bonchev–Trinajstić information content (AvgIpc) is 2.53. The van der Waals surface area contributed by atoms with Crippen molar-refractivity contribution in [1.29, 1.82) is 0 Å². The number of fused-ring (bicyclic) bond motifs is 3. The molecule has 6 nitrogen and oxygen atoms in total. The number of carbonyl (C=O) groups excluding carboxylic acids is 1. The standard InChI is InChI=1S/C18H16O6/c1-9(19)11-4-5-12-13-7-16(22-3)17(23-10(2)20)8-15(13)24-18(21)14(12)6-11/h4-9,19H,1-3H3. The minimum Gasteiger partial charge on any atom is -0.493 e. The van der Waals surface area contributed by atoms with E-state index in [0.29, 0.717) is 27.5 Å². The molecule has 124 valence electrons. The van der Waals surface area contributed by atoms with Gasteiger partial charge in [0.15, 0.2) is 11.5 Å². The Morgan fingerprint density at radius 1 is 1.12 bits per heavy atom. The zero-order chi connectivity index (χ0) is 17.4. The third-order valence-corrected chi connectivity index (χ3v) is 3.76. The van der Waals surface area contributed by atoms with Crippen LogP contribution in [-0.4, -0.2) is 18.2 Å². The van der Waals surface area contributed by atoms with Crippen molar-refractivity contribution >= 4 is 27.7 Å². The summed E-state index contributed by atoms with van der Waals surface area (Å²) in [5.41, 5.74) is 0.380. The van der Waals surface area contributed by atoms with Crippen LogP contribution in [0.1, 0.15) is 25.5 Å². The van der Waals surface area contributed by atoms with E-state index in [4.69, 9.17) is 13.9 Å². The molecule has 0 spiro atoms. The van der Waals surface area contributed by atoms with Crippen LogP contribution in [0, 0.1) is 0 Å². The number of methoxy groups -OCH3 is 1. The molecule has 0 aliphatic carbocycles. The van der Waals surface area contributed by atoms with E-state index >= 15 is 0 Å². The maximum Gasteiger partial charge on any atom is 0.344 e. The van der Waals surface area contributed by atoms with Gasteiger partial charge in [-0.25, -0.2) is 4.79 Å². The molecule has 0 saturated carbocycles. The van der Waals surface area contributed by atoms with Gasteiger partial charge in [-0.05, 0) is 24.6 Å². The Balaban J connectivity index is 2.34. The van der Waals surface area contributed by atoms with Crippen LogP contribution in [0.15, 0.2) is 39.5 Å². The topological polar surface area (TPSA) is 86.0 Å². The molecule has 1 atom stereocenters. The fraction of sp³-hybridized carbons (Fsp3) is 0.222. The first kappa shape index (κ1) is 16.0. The number of rotatable bonds is 3. The van der Waals surface area contributed by atoms with Crippen molar-refractivity contribution in [3.8, 4) is 11.5 Å². The van der Waals surface area contributed by atoms with Crippen LogP contribution in [0.2, 0.25) is 0 Å². The lowest BCUT2D eigenvalue weighted by atomic mass is 10.0. The maximum atomic E-state index is 12.3. The van der Waals surface area contributed by atoms with Crippen molar-refractivity contribution in [1.82, 2.24) is 0 Å². The minimum atomic E-state index is -0.689. The van der Waals surface area contributed by atoms with Crippen LogP contribution in [0.4, 0.5) is 0 Å². The lowest BCUT2D eigenvalue weighted by molar-refractivity contribution is -0.132. The molecule has 1 heterocycles. The number of benzene rings is 2. The van der Waals surface area contributed by atoms with Gasteiger partial charge in [-0.3, -0.25) is 4.79 Å². The molecule has 0 bridgehead atoms. The minimum absolute atomic E-state index is 0.181. The van der Waals surface area contributed by atoms with Gasteiger partial charge in [0, 0.05) is 23.8 Å². The van der Waals surface area contributed by atoms with Crippen LogP contribution in [0.3, 0.4) is 0 Å². The van der Waals surface area contributed by atoms with Crippen molar-refractivity contribution in [3.05, 3.63) is 46.3 Å². The van der Waals surface area contributed by atoms with E-state index in [1.165, 1.54) is 20.1 Å². The fourth-order valence-corrected chi connectivity index (χ4v) is 2.61. The number of hydrogen-bond acceptors (Lipinski definition) is 6. The molecule has 6 heteroatoms. The summed E-state index contributed by atoms with van der Waals surface area (Å²) < 4.78 is 15.7. The molecule has 1 unspecified atom stereocenters. The Morgan fingerprint density at radius 3 is 2.50 bits per heavy atom. The zero-order valence-electron chi connectivity index (χ0n) is 13.5. The summed E-state index contributed by atoms with van der Waals surface area (Å²) in [6.07, 6.45) is -0.689. The molecule has 0 fully saturated rings. The second kappa shape index (κ2) is 5.98. The molecule has 0 amide bonds. The molecule has 0 saturated heterocycles. The van der Waals surface area contributed by atoms with E-state index in [1.807, 2.05) is 0 Å². The largest absolute Gasteiger partial charge is 0.493 e. The number of ether oxygens (including phenoxy) is 2. The number of esters is 1. The van der Waals surface area contributed by atoms with Crippen LogP contribution in [0.25, 0.3) is 21.7 Å². The number of carbonyl (C=O) groups is 1.